The zero-order valence-corrected chi connectivity index (χ0v) is 17.6. The highest BCUT2D eigenvalue weighted by atomic mass is 19.1. The predicted molar refractivity (Wildman–Crippen MR) is 117 cm³/mol. The van der Waals surface area contributed by atoms with E-state index in [1.807, 2.05) is 13.0 Å². The van der Waals surface area contributed by atoms with E-state index >= 15 is 0 Å². The third-order valence-electron chi connectivity index (χ3n) is 5.57. The minimum Gasteiger partial charge on any atom is -0.368 e. The molecule has 1 aliphatic heterocycles. The van der Waals surface area contributed by atoms with E-state index in [2.05, 4.69) is 30.1 Å². The fourth-order valence-corrected chi connectivity index (χ4v) is 3.83. The predicted octanol–water partition coefficient (Wildman–Crippen LogP) is 1.70. The van der Waals surface area contributed by atoms with Crippen LogP contribution in [0.4, 0.5) is 10.1 Å². The molecule has 3 aromatic rings. The monoisotopic (exact) mass is 424 g/mol. The third-order valence-corrected chi connectivity index (χ3v) is 5.57. The van der Waals surface area contributed by atoms with Gasteiger partial charge in [-0.2, -0.15) is 0 Å². The van der Waals surface area contributed by atoms with Gasteiger partial charge in [0.05, 0.1) is 17.4 Å². The van der Waals surface area contributed by atoms with E-state index in [0.717, 1.165) is 37.4 Å². The van der Waals surface area contributed by atoms with E-state index in [0.29, 0.717) is 29.9 Å². The number of carbonyl (C=O) groups excluding carboxylic acids is 1. The first-order chi connectivity index (χ1) is 15.0. The summed E-state index contributed by atoms with van der Waals surface area (Å²) in [7, 11) is 1.58. The van der Waals surface area contributed by atoms with Crippen LogP contribution in [0.15, 0.2) is 35.3 Å². The Morgan fingerprint density at radius 1 is 1.23 bits per heavy atom. The number of fused-ring (bicyclic) bond motifs is 1. The van der Waals surface area contributed by atoms with E-state index in [9.17, 15) is 14.0 Å². The molecule has 4 rings (SSSR count). The van der Waals surface area contributed by atoms with E-state index in [1.165, 1.54) is 6.07 Å². The van der Waals surface area contributed by atoms with Crippen LogP contribution in [0, 0.1) is 5.82 Å². The van der Waals surface area contributed by atoms with Gasteiger partial charge in [-0.25, -0.2) is 14.4 Å². The quantitative estimate of drug-likeness (QED) is 0.648. The van der Waals surface area contributed by atoms with Gasteiger partial charge < -0.3 is 15.2 Å². The van der Waals surface area contributed by atoms with Crippen LogP contribution in [0.2, 0.25) is 0 Å². The number of nitrogens with one attached hydrogen (secondary N) is 2. The molecule has 0 bridgehead atoms. The first-order valence-corrected chi connectivity index (χ1v) is 10.3. The molecule has 162 valence electrons. The Labute approximate surface area is 179 Å². The van der Waals surface area contributed by atoms with E-state index in [1.54, 1.807) is 25.4 Å². The highest BCUT2D eigenvalue weighted by Crippen LogP contribution is 2.20. The fraction of sp³-hybridized carbons (Fsp3) is 0.364. The summed E-state index contributed by atoms with van der Waals surface area (Å²) < 4.78 is 14.6. The number of amides is 1. The molecular weight excluding hydrogens is 399 g/mol. The second kappa shape index (κ2) is 8.81. The molecule has 1 amide bonds. The number of aromatic nitrogens is 3. The standard InChI is InChI=1S/C22H25FN6O2/c1-3-17-22(31)27-19-11-14(10-16(23)20(19)26-17)13-28-6-8-29(9-7-28)15-4-5-18(25-12-15)21(30)24-2/h4-5,10-12H,3,6-9,13H2,1-2H3,(H,24,30)(H,27,31). The van der Waals surface area contributed by atoms with Gasteiger partial charge in [-0.15, -0.1) is 0 Å². The molecule has 1 aromatic carbocycles. The lowest BCUT2D eigenvalue weighted by Gasteiger charge is -2.36. The van der Waals surface area contributed by atoms with Crippen LogP contribution in [-0.4, -0.2) is 59.0 Å². The highest BCUT2D eigenvalue weighted by molar-refractivity contribution is 5.92. The minimum absolute atomic E-state index is 0.206. The number of carbonyl (C=O) groups is 1. The number of aromatic amines is 1. The van der Waals surface area contributed by atoms with Gasteiger partial charge in [0, 0.05) is 39.8 Å². The van der Waals surface area contributed by atoms with Crippen LogP contribution < -0.4 is 15.8 Å². The summed E-state index contributed by atoms with van der Waals surface area (Å²) in [6.07, 6.45) is 2.17. The summed E-state index contributed by atoms with van der Waals surface area (Å²) in [5.41, 5.74) is 2.87. The van der Waals surface area contributed by atoms with Crippen molar-refractivity contribution in [3.8, 4) is 0 Å². The number of rotatable bonds is 5. The van der Waals surface area contributed by atoms with Gasteiger partial charge >= 0.3 is 0 Å². The van der Waals surface area contributed by atoms with Crippen LogP contribution in [0.1, 0.15) is 28.7 Å². The average Bonchev–Trinajstić information content (AvgIpc) is 2.79. The normalized spacial score (nSPS) is 14.7. The summed E-state index contributed by atoms with van der Waals surface area (Å²) in [6, 6.07) is 6.93. The fourth-order valence-electron chi connectivity index (χ4n) is 3.83. The van der Waals surface area contributed by atoms with Crippen molar-refractivity contribution < 1.29 is 9.18 Å². The second-order valence-electron chi connectivity index (χ2n) is 7.58. The number of hydrogen-bond donors (Lipinski definition) is 2. The zero-order valence-electron chi connectivity index (χ0n) is 17.6. The summed E-state index contributed by atoms with van der Waals surface area (Å²) in [5, 5.41) is 2.56. The van der Waals surface area contributed by atoms with Gasteiger partial charge in [0.15, 0.2) is 5.82 Å². The molecule has 3 heterocycles. The smallest absolute Gasteiger partial charge is 0.270 e. The molecule has 0 spiro atoms. The Bertz CT molecular complexity index is 1150. The molecule has 0 aliphatic carbocycles. The largest absolute Gasteiger partial charge is 0.368 e. The van der Waals surface area contributed by atoms with Crippen LogP contribution >= 0.6 is 0 Å². The number of halogens is 1. The number of aryl methyl sites for hydroxylation is 1. The van der Waals surface area contributed by atoms with Gasteiger partial charge in [-0.1, -0.05) is 6.92 Å². The molecule has 9 heteroatoms. The zero-order chi connectivity index (χ0) is 22.0. The summed E-state index contributed by atoms with van der Waals surface area (Å²) >= 11 is 0. The Morgan fingerprint density at radius 2 is 2.00 bits per heavy atom. The summed E-state index contributed by atoms with van der Waals surface area (Å²) in [5.74, 6) is -0.624. The molecule has 0 atom stereocenters. The number of pyridine rings is 1. The number of nitrogens with zero attached hydrogens (tertiary/aromatic N) is 4. The number of benzene rings is 1. The molecule has 0 saturated carbocycles. The Morgan fingerprint density at radius 3 is 2.65 bits per heavy atom. The number of piperazine rings is 1. The van der Waals surface area contributed by atoms with Gasteiger partial charge in [-0.3, -0.25) is 14.5 Å². The van der Waals surface area contributed by atoms with Gasteiger partial charge in [-0.05, 0) is 36.2 Å². The topological polar surface area (TPSA) is 94.2 Å². The first-order valence-electron chi connectivity index (χ1n) is 10.3. The van der Waals surface area contributed by atoms with E-state index < -0.39 is 5.82 Å². The first kappa shape index (κ1) is 20.9. The number of anilines is 1. The van der Waals surface area contributed by atoms with E-state index in [-0.39, 0.29) is 17.0 Å². The molecule has 1 aliphatic rings. The molecule has 0 unspecified atom stereocenters. The highest BCUT2D eigenvalue weighted by Gasteiger charge is 2.19. The summed E-state index contributed by atoms with van der Waals surface area (Å²) in [6.45, 7) is 5.62. The third kappa shape index (κ3) is 4.41. The van der Waals surface area contributed by atoms with Gasteiger partial charge in [0.25, 0.3) is 11.5 Å². The lowest BCUT2D eigenvalue weighted by atomic mass is 10.1. The maximum Gasteiger partial charge on any atom is 0.270 e. The van der Waals surface area contributed by atoms with Crippen molar-refractivity contribution in [1.29, 1.82) is 0 Å². The second-order valence-corrected chi connectivity index (χ2v) is 7.58. The summed E-state index contributed by atoms with van der Waals surface area (Å²) in [4.78, 5) is 39.3. The van der Waals surface area contributed by atoms with Crippen molar-refractivity contribution in [2.24, 2.45) is 0 Å². The van der Waals surface area contributed by atoms with Crippen molar-refractivity contribution in [3.05, 3.63) is 63.6 Å². The molecule has 2 aromatic heterocycles. The van der Waals surface area contributed by atoms with Crippen molar-refractivity contribution in [3.63, 3.8) is 0 Å². The van der Waals surface area contributed by atoms with E-state index in [4.69, 9.17) is 0 Å². The van der Waals surface area contributed by atoms with Crippen molar-refractivity contribution in [2.75, 3.05) is 38.1 Å². The molecule has 8 nitrogen and oxygen atoms in total. The van der Waals surface area contributed by atoms with Crippen LogP contribution in [-0.2, 0) is 13.0 Å². The van der Waals surface area contributed by atoms with Crippen LogP contribution in [0.5, 0.6) is 0 Å². The maximum absolute atomic E-state index is 14.6. The van der Waals surface area contributed by atoms with Gasteiger partial charge in [0.2, 0.25) is 0 Å². The number of hydrogen-bond acceptors (Lipinski definition) is 6. The lowest BCUT2D eigenvalue weighted by Crippen LogP contribution is -2.46. The maximum atomic E-state index is 14.6. The minimum atomic E-state index is -0.417. The molecule has 2 N–H and O–H groups in total. The Kier molecular flexibility index (Phi) is 5.94. The molecule has 0 radical (unpaired) electrons. The van der Waals surface area contributed by atoms with Crippen molar-refractivity contribution >= 4 is 22.6 Å². The van der Waals surface area contributed by atoms with Gasteiger partial charge in [0.1, 0.15) is 16.9 Å². The SMILES string of the molecule is CCc1nc2c(F)cc(CN3CCN(c4ccc(C(=O)NC)nc4)CC3)cc2[nH]c1=O. The molecule has 1 fully saturated rings. The Hall–Kier alpha value is -3.33. The lowest BCUT2D eigenvalue weighted by molar-refractivity contribution is 0.0958. The van der Waals surface area contributed by atoms with Crippen molar-refractivity contribution in [1.82, 2.24) is 25.2 Å². The average molecular weight is 424 g/mol. The Balaban J connectivity index is 1.42. The van der Waals surface area contributed by atoms with Crippen LogP contribution in [0.3, 0.4) is 0 Å². The van der Waals surface area contributed by atoms with Crippen molar-refractivity contribution in [2.45, 2.75) is 19.9 Å². The molecular formula is C22H25FN6O2. The molecule has 1 saturated heterocycles. The number of H-pyrrole nitrogens is 1. The van der Waals surface area contributed by atoms with Crippen LogP contribution in [0.25, 0.3) is 11.0 Å². The molecule has 31 heavy (non-hydrogen) atoms.